The first kappa shape index (κ1) is 32.6. The van der Waals surface area contributed by atoms with E-state index in [1.54, 1.807) is 14.1 Å². The van der Waals surface area contributed by atoms with E-state index in [0.717, 1.165) is 30.5 Å². The Bertz CT molecular complexity index is 1340. The van der Waals surface area contributed by atoms with Crippen LogP contribution in [0.25, 0.3) is 0 Å². The van der Waals surface area contributed by atoms with Crippen molar-refractivity contribution in [2.45, 2.75) is 65.6 Å². The molecule has 4 amide bonds. The van der Waals surface area contributed by atoms with Crippen LogP contribution in [0.15, 0.2) is 47.5 Å². The molecule has 11 nitrogen and oxygen atoms in total. The van der Waals surface area contributed by atoms with Crippen LogP contribution in [0.1, 0.15) is 57.6 Å². The molecule has 3 N–H and O–H groups in total. The van der Waals surface area contributed by atoms with E-state index in [4.69, 9.17) is 9.73 Å². The molecule has 2 heterocycles. The summed E-state index contributed by atoms with van der Waals surface area (Å²) in [5.41, 5.74) is 3.95. The Hall–Kier alpha value is -4.28. The zero-order valence-electron chi connectivity index (χ0n) is 26.7. The van der Waals surface area contributed by atoms with Crippen molar-refractivity contribution in [1.29, 1.82) is 0 Å². The number of fused-ring (bicyclic) bond motifs is 2. The fourth-order valence-corrected chi connectivity index (χ4v) is 5.31. The van der Waals surface area contributed by atoms with Crippen LogP contribution in [-0.4, -0.2) is 85.0 Å². The van der Waals surface area contributed by atoms with Crippen molar-refractivity contribution in [3.05, 3.63) is 53.6 Å². The molecule has 0 spiro atoms. The average Bonchev–Trinajstić information content (AvgIpc) is 2.99. The Morgan fingerprint density at radius 1 is 1.14 bits per heavy atom. The van der Waals surface area contributed by atoms with Gasteiger partial charge in [0.1, 0.15) is 12.3 Å². The lowest BCUT2D eigenvalue weighted by Crippen LogP contribution is -2.51. The number of carbonyl (C=O) groups is 3. The van der Waals surface area contributed by atoms with Crippen LogP contribution in [0.4, 0.5) is 16.2 Å². The number of amides is 4. The number of carbonyl (C=O) groups excluding carboxylic acids is 3. The molecule has 0 aromatic heterocycles. The van der Waals surface area contributed by atoms with Gasteiger partial charge in [-0.2, -0.15) is 0 Å². The van der Waals surface area contributed by atoms with E-state index in [-0.39, 0.29) is 30.6 Å². The van der Waals surface area contributed by atoms with E-state index in [1.807, 2.05) is 46.2 Å². The largest absolute Gasteiger partial charge is 0.494 e. The second kappa shape index (κ2) is 15.4. The maximum absolute atomic E-state index is 13.3. The monoisotopic (exact) mass is 605 g/mol. The summed E-state index contributed by atoms with van der Waals surface area (Å²) in [5.74, 6) is 1.31. The molecule has 2 aromatic carbocycles. The Balaban J connectivity index is 1.33. The molecule has 2 aliphatic heterocycles. The van der Waals surface area contributed by atoms with E-state index < -0.39 is 0 Å². The lowest BCUT2D eigenvalue weighted by Gasteiger charge is -2.33. The molecule has 4 rings (SSSR count). The van der Waals surface area contributed by atoms with Crippen molar-refractivity contribution in [3.63, 3.8) is 0 Å². The Labute approximate surface area is 261 Å². The molecule has 0 saturated heterocycles. The van der Waals surface area contributed by atoms with Gasteiger partial charge in [0.2, 0.25) is 17.8 Å². The highest BCUT2D eigenvalue weighted by molar-refractivity contribution is 5.99. The van der Waals surface area contributed by atoms with E-state index in [9.17, 15) is 14.4 Å². The fraction of sp³-hybridized carbons (Fsp3) is 0.515. The van der Waals surface area contributed by atoms with Gasteiger partial charge in [0.25, 0.3) is 0 Å². The van der Waals surface area contributed by atoms with Gasteiger partial charge in [0.15, 0.2) is 0 Å². The third kappa shape index (κ3) is 9.11. The molecule has 0 saturated carbocycles. The molecule has 0 bridgehead atoms. The summed E-state index contributed by atoms with van der Waals surface area (Å²) in [4.78, 5) is 48.2. The van der Waals surface area contributed by atoms with Crippen molar-refractivity contribution in [2.24, 2.45) is 10.9 Å². The van der Waals surface area contributed by atoms with Crippen LogP contribution in [0.2, 0.25) is 0 Å². The van der Waals surface area contributed by atoms with Crippen LogP contribution in [0, 0.1) is 5.92 Å². The van der Waals surface area contributed by atoms with Crippen molar-refractivity contribution < 1.29 is 19.1 Å². The third-order valence-corrected chi connectivity index (χ3v) is 7.53. The highest BCUT2D eigenvalue weighted by Crippen LogP contribution is 2.30. The van der Waals surface area contributed by atoms with E-state index in [0.29, 0.717) is 62.4 Å². The zero-order valence-corrected chi connectivity index (χ0v) is 26.7. The number of guanidine groups is 1. The Kier molecular flexibility index (Phi) is 11.5. The maximum Gasteiger partial charge on any atom is 0.323 e. The number of nitrogens with zero attached hydrogens (tertiary/aromatic N) is 4. The zero-order chi connectivity index (χ0) is 31.6. The van der Waals surface area contributed by atoms with Gasteiger partial charge in [-0.25, -0.2) is 9.79 Å². The van der Waals surface area contributed by atoms with Gasteiger partial charge in [0, 0.05) is 51.9 Å². The minimum absolute atomic E-state index is 0.00359. The highest BCUT2D eigenvalue weighted by Gasteiger charge is 2.27. The summed E-state index contributed by atoms with van der Waals surface area (Å²) in [7, 11) is 3.31. The number of urea groups is 1. The number of aryl methyl sites for hydroxylation is 1. The summed E-state index contributed by atoms with van der Waals surface area (Å²) >= 11 is 0. The van der Waals surface area contributed by atoms with Gasteiger partial charge >= 0.3 is 6.03 Å². The average molecular weight is 606 g/mol. The topological polar surface area (TPSA) is 119 Å². The van der Waals surface area contributed by atoms with Crippen molar-refractivity contribution >= 4 is 35.2 Å². The van der Waals surface area contributed by atoms with E-state index in [2.05, 4.69) is 42.8 Å². The molecule has 1 atom stereocenters. The number of benzene rings is 2. The van der Waals surface area contributed by atoms with Crippen LogP contribution in [0.5, 0.6) is 5.75 Å². The summed E-state index contributed by atoms with van der Waals surface area (Å²) in [6.07, 6.45) is 3.52. The fourth-order valence-electron chi connectivity index (χ4n) is 5.31. The number of anilines is 1. The molecule has 238 valence electrons. The first-order valence-corrected chi connectivity index (χ1v) is 15.6. The van der Waals surface area contributed by atoms with Gasteiger partial charge < -0.3 is 30.1 Å². The summed E-state index contributed by atoms with van der Waals surface area (Å²) < 4.78 is 5.97. The molecule has 2 aromatic rings. The predicted octanol–water partition coefficient (Wildman–Crippen LogP) is 4.32. The Morgan fingerprint density at radius 2 is 1.93 bits per heavy atom. The number of rotatable bonds is 12. The molecular weight excluding hydrogens is 558 g/mol. The quantitative estimate of drug-likeness (QED) is 0.310. The lowest BCUT2D eigenvalue weighted by molar-refractivity contribution is -0.132. The standard InChI is InChI=1S/C33H47N7O4/c1-6-17-39(20-23(2)3)31(42)22-40-21-25-13-15-26(19-28(25)35-32(40)37-33(43)38(4)5)44-18-9-12-30(41)36-29-16-14-24-10-7-8-11-27(24)34-29/h7-8,10-11,13,15,19,23,29,34H,6,9,12,14,16-18,20-22H2,1-5H3,(H,36,41)(H,35,37,43). The number of nitrogens with one attached hydrogen (secondary N) is 3. The summed E-state index contributed by atoms with van der Waals surface area (Å²) in [6.45, 7) is 8.54. The minimum atomic E-state index is -0.324. The molecular formula is C33H47N7O4. The summed E-state index contributed by atoms with van der Waals surface area (Å²) in [6, 6.07) is 13.5. The van der Waals surface area contributed by atoms with Crippen LogP contribution < -0.4 is 20.7 Å². The molecule has 1 unspecified atom stereocenters. The first-order chi connectivity index (χ1) is 21.1. The van der Waals surface area contributed by atoms with Gasteiger partial charge in [-0.3, -0.25) is 14.9 Å². The number of hydrogen-bond acceptors (Lipinski definition) is 7. The van der Waals surface area contributed by atoms with Crippen molar-refractivity contribution in [2.75, 3.05) is 45.7 Å². The third-order valence-electron chi connectivity index (χ3n) is 7.53. The van der Waals surface area contributed by atoms with Crippen LogP contribution in [-0.2, 0) is 22.6 Å². The molecule has 2 aliphatic rings. The van der Waals surface area contributed by atoms with Crippen LogP contribution >= 0.6 is 0 Å². The van der Waals surface area contributed by atoms with Gasteiger partial charge in [-0.05, 0) is 54.9 Å². The van der Waals surface area contributed by atoms with E-state index in [1.165, 1.54) is 10.5 Å². The summed E-state index contributed by atoms with van der Waals surface area (Å²) in [5, 5.41) is 9.32. The highest BCUT2D eigenvalue weighted by atomic mass is 16.5. The Morgan fingerprint density at radius 3 is 2.68 bits per heavy atom. The SMILES string of the molecule is CCCN(CC(C)C)C(=O)CN1Cc2ccc(OCCCC(=O)NC3CCc4ccccc4N3)cc2N=C1NC(=O)N(C)C. The minimum Gasteiger partial charge on any atom is -0.494 e. The number of hydrogen-bond donors (Lipinski definition) is 3. The first-order valence-electron chi connectivity index (χ1n) is 15.6. The lowest BCUT2D eigenvalue weighted by atomic mass is 10.0. The molecule has 44 heavy (non-hydrogen) atoms. The van der Waals surface area contributed by atoms with E-state index >= 15 is 0 Å². The molecule has 0 radical (unpaired) electrons. The van der Waals surface area contributed by atoms with Crippen molar-refractivity contribution in [3.8, 4) is 5.75 Å². The number of para-hydroxylation sites is 1. The van der Waals surface area contributed by atoms with Gasteiger partial charge in [-0.15, -0.1) is 0 Å². The second-order valence-corrected chi connectivity index (χ2v) is 12.1. The number of aliphatic imine (C=N–C) groups is 1. The van der Waals surface area contributed by atoms with Crippen LogP contribution in [0.3, 0.4) is 0 Å². The van der Waals surface area contributed by atoms with Crippen molar-refractivity contribution in [1.82, 2.24) is 25.3 Å². The predicted molar refractivity (Wildman–Crippen MR) is 173 cm³/mol. The number of ether oxygens (including phenoxy) is 1. The molecule has 0 fully saturated rings. The normalized spacial score (nSPS) is 15.4. The van der Waals surface area contributed by atoms with Gasteiger partial charge in [0.05, 0.1) is 18.5 Å². The molecule has 0 aliphatic carbocycles. The second-order valence-electron chi connectivity index (χ2n) is 12.1. The molecule has 11 heteroatoms. The van der Waals surface area contributed by atoms with Gasteiger partial charge in [-0.1, -0.05) is 45.0 Å². The smallest absolute Gasteiger partial charge is 0.323 e. The maximum atomic E-state index is 13.3.